The van der Waals surface area contributed by atoms with Gasteiger partial charge in [0.15, 0.2) is 0 Å². The second-order valence-electron chi connectivity index (χ2n) is 6.84. The van der Waals surface area contributed by atoms with Crippen molar-refractivity contribution < 1.29 is 14.6 Å². The van der Waals surface area contributed by atoms with Gasteiger partial charge in [-0.15, -0.1) is 0 Å². The van der Waals surface area contributed by atoms with Crippen LogP contribution in [0.4, 0.5) is 5.69 Å². The summed E-state index contributed by atoms with van der Waals surface area (Å²) in [4.78, 5) is 17.0. The van der Waals surface area contributed by atoms with E-state index in [-0.39, 0.29) is 29.2 Å². The molecule has 1 aliphatic rings. The molecule has 0 saturated carbocycles. The average Bonchev–Trinajstić information content (AvgIpc) is 3.10. The predicted molar refractivity (Wildman–Crippen MR) is 104 cm³/mol. The molecule has 2 atom stereocenters. The molecule has 1 saturated heterocycles. The third-order valence-corrected chi connectivity index (χ3v) is 5.02. The van der Waals surface area contributed by atoms with Gasteiger partial charge in [-0.25, -0.2) is 0 Å². The number of hydrogen-bond donors (Lipinski definition) is 3. The Balaban J connectivity index is 1.52. The third kappa shape index (κ3) is 3.57. The van der Waals surface area contributed by atoms with Crippen molar-refractivity contribution in [3.63, 3.8) is 0 Å². The van der Waals surface area contributed by atoms with Crippen molar-refractivity contribution in [3.8, 4) is 5.75 Å². The number of amides is 1. The van der Waals surface area contributed by atoms with E-state index < -0.39 is 0 Å². The number of phenols is 1. The maximum atomic E-state index is 12.6. The zero-order valence-corrected chi connectivity index (χ0v) is 14.8. The molecule has 1 fully saturated rings. The highest BCUT2D eigenvalue weighted by Gasteiger charge is 2.30. The molecule has 4 rings (SSSR count). The van der Waals surface area contributed by atoms with Gasteiger partial charge in [-0.05, 0) is 42.3 Å². The van der Waals surface area contributed by atoms with Crippen molar-refractivity contribution in [2.45, 2.75) is 12.5 Å². The van der Waals surface area contributed by atoms with E-state index in [4.69, 9.17) is 10.5 Å². The summed E-state index contributed by atoms with van der Waals surface area (Å²) in [6.07, 6.45) is 2.60. The van der Waals surface area contributed by atoms with E-state index in [1.165, 1.54) is 23.8 Å². The molecule has 0 radical (unpaired) electrons. The van der Waals surface area contributed by atoms with Crippen LogP contribution in [0.3, 0.4) is 0 Å². The quantitative estimate of drug-likeness (QED) is 0.489. The Labute approximate surface area is 157 Å². The summed E-state index contributed by atoms with van der Waals surface area (Å²) in [5.41, 5.74) is 8.63. The highest BCUT2D eigenvalue weighted by molar-refractivity contribution is 5.99. The molecule has 1 aliphatic heterocycles. The molecule has 27 heavy (non-hydrogen) atoms. The summed E-state index contributed by atoms with van der Waals surface area (Å²) in [6, 6.07) is 14.3. The van der Waals surface area contributed by atoms with Crippen LogP contribution in [-0.2, 0) is 11.2 Å². The number of aromatic nitrogens is 1. The number of aromatic hydroxyl groups is 1. The Bertz CT molecular complexity index is 984. The number of pyridine rings is 1. The van der Waals surface area contributed by atoms with Crippen LogP contribution in [0, 0.1) is 5.92 Å². The lowest BCUT2D eigenvalue weighted by molar-refractivity contribution is 0.0925. The molecule has 0 aliphatic carbocycles. The number of ether oxygens (including phenoxy) is 1. The molecule has 0 unspecified atom stereocenters. The zero-order chi connectivity index (χ0) is 18.8. The van der Waals surface area contributed by atoms with Gasteiger partial charge < -0.3 is 20.9 Å². The number of hydrogen-bond acceptors (Lipinski definition) is 5. The van der Waals surface area contributed by atoms with E-state index in [2.05, 4.69) is 16.4 Å². The van der Waals surface area contributed by atoms with Gasteiger partial charge >= 0.3 is 0 Å². The monoisotopic (exact) mass is 363 g/mol. The summed E-state index contributed by atoms with van der Waals surface area (Å²) in [6.45, 7) is 1.04. The van der Waals surface area contributed by atoms with Gasteiger partial charge in [0.2, 0.25) is 0 Å². The van der Waals surface area contributed by atoms with Gasteiger partial charge in [0.05, 0.1) is 30.3 Å². The summed E-state index contributed by atoms with van der Waals surface area (Å²) >= 11 is 0. The normalized spacial score (nSPS) is 19.3. The highest BCUT2D eigenvalue weighted by atomic mass is 16.5. The fraction of sp³-hybridized carbons (Fsp3) is 0.238. The number of carbonyl (C=O) groups is 1. The first-order valence-electron chi connectivity index (χ1n) is 8.91. The van der Waals surface area contributed by atoms with E-state index in [9.17, 15) is 9.90 Å². The smallest absolute Gasteiger partial charge is 0.253 e. The van der Waals surface area contributed by atoms with Gasteiger partial charge in [0, 0.05) is 23.2 Å². The summed E-state index contributed by atoms with van der Waals surface area (Å²) in [5.74, 6) is -0.140. The van der Waals surface area contributed by atoms with Crippen LogP contribution in [0.1, 0.15) is 15.9 Å². The van der Waals surface area contributed by atoms with E-state index in [1.807, 2.05) is 30.5 Å². The highest BCUT2D eigenvalue weighted by Crippen LogP contribution is 2.25. The van der Waals surface area contributed by atoms with Crippen LogP contribution in [-0.4, -0.2) is 35.3 Å². The molecule has 138 valence electrons. The minimum atomic E-state index is -0.302. The molecule has 4 N–H and O–H groups in total. The topological polar surface area (TPSA) is 97.5 Å². The standard InChI is InChI=1S/C21H21N3O3/c22-18-6-5-15(25)10-17(18)21(26)24-20-12-27-11-14(20)9-13-7-8-23-19-4-2-1-3-16(13)19/h1-8,10,14,20,25H,9,11-12,22H2,(H,24,26)/t14-,20+/m1/s1. The number of rotatable bonds is 4. The molecule has 6 nitrogen and oxygen atoms in total. The third-order valence-electron chi connectivity index (χ3n) is 5.02. The Morgan fingerprint density at radius 3 is 2.96 bits per heavy atom. The number of carbonyl (C=O) groups excluding carboxylic acids is 1. The molecule has 0 spiro atoms. The second kappa shape index (κ2) is 7.25. The summed E-state index contributed by atoms with van der Waals surface area (Å²) in [5, 5.41) is 13.8. The van der Waals surface area contributed by atoms with Gasteiger partial charge in [-0.3, -0.25) is 9.78 Å². The van der Waals surface area contributed by atoms with Crippen LogP contribution in [0.2, 0.25) is 0 Å². The van der Waals surface area contributed by atoms with Crippen LogP contribution >= 0.6 is 0 Å². The molecule has 6 heteroatoms. The number of fused-ring (bicyclic) bond motifs is 1. The number of nitrogens with one attached hydrogen (secondary N) is 1. The van der Waals surface area contributed by atoms with Crippen LogP contribution in [0.25, 0.3) is 10.9 Å². The van der Waals surface area contributed by atoms with Gasteiger partial charge in [0.1, 0.15) is 5.75 Å². The first-order chi connectivity index (χ1) is 13.1. The molecule has 1 amide bonds. The van der Waals surface area contributed by atoms with Crippen LogP contribution in [0.5, 0.6) is 5.75 Å². The van der Waals surface area contributed by atoms with Crippen molar-refractivity contribution in [2.24, 2.45) is 5.92 Å². The lowest BCUT2D eigenvalue weighted by atomic mass is 9.93. The molecule has 1 aromatic heterocycles. The number of phenolic OH excluding ortho intramolecular Hbond substituents is 1. The number of para-hydroxylation sites is 1. The maximum absolute atomic E-state index is 12.6. The van der Waals surface area contributed by atoms with Crippen molar-refractivity contribution in [2.75, 3.05) is 18.9 Å². The van der Waals surface area contributed by atoms with Crippen molar-refractivity contribution in [1.82, 2.24) is 10.3 Å². The molecule has 0 bridgehead atoms. The minimum absolute atomic E-state index is 0.0110. The number of anilines is 1. The number of benzene rings is 2. The Morgan fingerprint density at radius 1 is 1.22 bits per heavy atom. The van der Waals surface area contributed by atoms with Gasteiger partial charge in [-0.2, -0.15) is 0 Å². The lowest BCUT2D eigenvalue weighted by Crippen LogP contribution is -2.40. The molecule has 2 heterocycles. The Kier molecular flexibility index (Phi) is 4.64. The largest absolute Gasteiger partial charge is 0.508 e. The van der Waals surface area contributed by atoms with Gasteiger partial charge in [0.25, 0.3) is 5.91 Å². The van der Waals surface area contributed by atoms with Crippen molar-refractivity contribution in [1.29, 1.82) is 0 Å². The fourth-order valence-corrected chi connectivity index (χ4v) is 3.56. The molecular weight excluding hydrogens is 342 g/mol. The van der Waals surface area contributed by atoms with Crippen molar-refractivity contribution >= 4 is 22.5 Å². The van der Waals surface area contributed by atoms with E-state index in [0.29, 0.717) is 18.9 Å². The van der Waals surface area contributed by atoms with Gasteiger partial charge in [-0.1, -0.05) is 18.2 Å². The zero-order valence-electron chi connectivity index (χ0n) is 14.8. The minimum Gasteiger partial charge on any atom is -0.508 e. The fourth-order valence-electron chi connectivity index (χ4n) is 3.56. The molecule has 2 aromatic carbocycles. The SMILES string of the molecule is Nc1ccc(O)cc1C(=O)N[C@H]1COC[C@H]1Cc1ccnc2ccccc12. The first kappa shape index (κ1) is 17.3. The van der Waals surface area contributed by atoms with Crippen molar-refractivity contribution in [3.05, 3.63) is 65.9 Å². The van der Waals surface area contributed by atoms with Crippen LogP contribution < -0.4 is 11.1 Å². The lowest BCUT2D eigenvalue weighted by Gasteiger charge is -2.20. The number of nitrogens with zero attached hydrogens (tertiary/aromatic N) is 1. The average molecular weight is 363 g/mol. The first-order valence-corrected chi connectivity index (χ1v) is 8.91. The second-order valence-corrected chi connectivity index (χ2v) is 6.84. The van der Waals surface area contributed by atoms with E-state index >= 15 is 0 Å². The predicted octanol–water partition coefficient (Wildman–Crippen LogP) is 2.51. The molecular formula is C21H21N3O3. The Hall–Kier alpha value is -3.12. The van der Waals surface area contributed by atoms with E-state index in [0.717, 1.165) is 17.3 Å². The molecule has 3 aromatic rings. The summed E-state index contributed by atoms with van der Waals surface area (Å²) < 4.78 is 5.63. The number of nitrogen functional groups attached to an aromatic ring is 1. The van der Waals surface area contributed by atoms with E-state index in [1.54, 1.807) is 0 Å². The maximum Gasteiger partial charge on any atom is 0.253 e. The van der Waals surface area contributed by atoms with Crippen LogP contribution in [0.15, 0.2) is 54.7 Å². The summed E-state index contributed by atoms with van der Waals surface area (Å²) in [7, 11) is 0. The Morgan fingerprint density at radius 2 is 2.07 bits per heavy atom. The number of nitrogens with two attached hydrogens (primary N) is 1.